The third-order valence-electron chi connectivity index (χ3n) is 5.05. The van der Waals surface area contributed by atoms with Crippen LogP contribution < -0.4 is 20.3 Å². The van der Waals surface area contributed by atoms with Crippen molar-refractivity contribution in [3.63, 3.8) is 0 Å². The number of rotatable bonds is 8. The molecule has 2 N–H and O–H groups in total. The van der Waals surface area contributed by atoms with Gasteiger partial charge in [-0.15, -0.1) is 11.3 Å². The largest absolute Gasteiger partial charge is 0.493 e. The Hall–Kier alpha value is -2.62. The number of amides is 2. The lowest BCUT2D eigenvalue weighted by molar-refractivity contribution is -0.123. The molecule has 0 atom stereocenters. The Morgan fingerprint density at radius 1 is 1.00 bits per heavy atom. The van der Waals surface area contributed by atoms with Crippen molar-refractivity contribution >= 4 is 23.2 Å². The zero-order valence-electron chi connectivity index (χ0n) is 17.3. The summed E-state index contributed by atoms with van der Waals surface area (Å²) in [6.45, 7) is 4.85. The molecule has 3 rings (SSSR count). The average Bonchev–Trinajstić information content (AvgIpc) is 3.30. The summed E-state index contributed by atoms with van der Waals surface area (Å²) in [5.41, 5.74) is 5.30. The molecule has 0 radical (unpaired) electrons. The lowest BCUT2D eigenvalue weighted by Gasteiger charge is -2.34. The molecule has 1 aliphatic heterocycles. The van der Waals surface area contributed by atoms with Crippen LogP contribution in [0.25, 0.3) is 0 Å². The molecular weight excluding hydrogens is 404 g/mol. The van der Waals surface area contributed by atoms with Crippen molar-refractivity contribution in [1.82, 2.24) is 20.7 Å². The van der Waals surface area contributed by atoms with E-state index in [4.69, 9.17) is 9.47 Å². The van der Waals surface area contributed by atoms with E-state index >= 15 is 0 Å². The first-order valence-electron chi connectivity index (χ1n) is 9.87. The number of hydrogen-bond acceptors (Lipinski definition) is 7. The van der Waals surface area contributed by atoms with Crippen molar-refractivity contribution in [2.75, 3.05) is 53.5 Å². The van der Waals surface area contributed by atoms with Crippen molar-refractivity contribution in [2.45, 2.75) is 6.42 Å². The Balaban J connectivity index is 1.37. The Bertz CT molecular complexity index is 836. The summed E-state index contributed by atoms with van der Waals surface area (Å²) in [4.78, 5) is 30.4. The lowest BCUT2D eigenvalue weighted by Crippen LogP contribution is -2.52. The number of hydrogen-bond donors (Lipinski definition) is 2. The van der Waals surface area contributed by atoms with E-state index in [-0.39, 0.29) is 12.5 Å². The third-order valence-corrected chi connectivity index (χ3v) is 5.98. The Kier molecular flexibility index (Phi) is 8.06. The molecular formula is C21H28N4O4S. The van der Waals surface area contributed by atoms with Gasteiger partial charge in [-0.2, -0.15) is 0 Å². The summed E-state index contributed by atoms with van der Waals surface area (Å²) in [5.74, 6) is 0.333. The van der Waals surface area contributed by atoms with Gasteiger partial charge in [0.15, 0.2) is 11.5 Å². The van der Waals surface area contributed by atoms with Gasteiger partial charge in [0.1, 0.15) is 0 Å². The predicted octanol–water partition coefficient (Wildman–Crippen LogP) is 1.39. The SMILES string of the molecule is COc1ccc(C(=O)NNC(=O)CN2CCN(CCc3cccs3)CC2)cc1OC. The lowest BCUT2D eigenvalue weighted by atomic mass is 10.2. The van der Waals surface area contributed by atoms with Gasteiger partial charge in [0.25, 0.3) is 11.8 Å². The molecule has 8 nitrogen and oxygen atoms in total. The molecule has 1 aromatic carbocycles. The van der Waals surface area contributed by atoms with Crippen molar-refractivity contribution in [3.8, 4) is 11.5 Å². The summed E-state index contributed by atoms with van der Waals surface area (Å²) in [6, 6.07) is 9.07. The molecule has 1 aliphatic rings. The first-order valence-corrected chi connectivity index (χ1v) is 10.8. The number of benzene rings is 1. The van der Waals surface area contributed by atoms with E-state index < -0.39 is 5.91 Å². The number of thiophene rings is 1. The minimum Gasteiger partial charge on any atom is -0.493 e. The highest BCUT2D eigenvalue weighted by atomic mass is 32.1. The number of carbonyl (C=O) groups excluding carboxylic acids is 2. The van der Waals surface area contributed by atoms with E-state index in [1.165, 1.54) is 19.1 Å². The molecule has 0 unspecified atom stereocenters. The molecule has 2 amide bonds. The maximum Gasteiger partial charge on any atom is 0.269 e. The number of hydrazine groups is 1. The summed E-state index contributed by atoms with van der Waals surface area (Å²) in [7, 11) is 3.03. The summed E-state index contributed by atoms with van der Waals surface area (Å²) in [6.07, 6.45) is 1.07. The number of ether oxygens (including phenoxy) is 2. The highest BCUT2D eigenvalue weighted by Crippen LogP contribution is 2.27. The maximum absolute atomic E-state index is 12.3. The minimum absolute atomic E-state index is 0.240. The van der Waals surface area contributed by atoms with Crippen LogP contribution in [0.1, 0.15) is 15.2 Å². The number of nitrogens with zero attached hydrogens (tertiary/aromatic N) is 2. The van der Waals surface area contributed by atoms with Gasteiger partial charge in [-0.25, -0.2) is 0 Å². The molecule has 2 aromatic rings. The molecule has 1 aromatic heterocycles. The number of nitrogens with one attached hydrogen (secondary N) is 2. The fraction of sp³-hybridized carbons (Fsp3) is 0.429. The highest BCUT2D eigenvalue weighted by molar-refractivity contribution is 7.09. The standard InChI is InChI=1S/C21H28N4O4S/c1-28-18-6-5-16(14-19(18)29-2)21(27)23-22-20(26)15-25-11-9-24(10-12-25)8-7-17-4-3-13-30-17/h3-6,13-14H,7-12,15H2,1-2H3,(H,22,26)(H,23,27). The molecule has 0 saturated carbocycles. The van der Waals surface area contributed by atoms with Crippen LogP contribution in [0.5, 0.6) is 11.5 Å². The van der Waals surface area contributed by atoms with Gasteiger partial charge < -0.3 is 14.4 Å². The van der Waals surface area contributed by atoms with Gasteiger partial charge >= 0.3 is 0 Å². The van der Waals surface area contributed by atoms with E-state index in [0.717, 1.165) is 39.1 Å². The molecule has 1 fully saturated rings. The third kappa shape index (κ3) is 6.19. The molecule has 1 saturated heterocycles. The molecule has 30 heavy (non-hydrogen) atoms. The molecule has 0 aliphatic carbocycles. The van der Waals surface area contributed by atoms with Crippen LogP contribution in [-0.4, -0.2) is 75.1 Å². The van der Waals surface area contributed by atoms with E-state index in [1.54, 1.807) is 29.5 Å². The van der Waals surface area contributed by atoms with Gasteiger partial charge in [0.2, 0.25) is 0 Å². The summed E-state index contributed by atoms with van der Waals surface area (Å²) < 4.78 is 10.4. The van der Waals surface area contributed by atoms with Gasteiger partial charge in [-0.1, -0.05) is 6.07 Å². The van der Waals surface area contributed by atoms with Crippen molar-refractivity contribution in [1.29, 1.82) is 0 Å². The fourth-order valence-corrected chi connectivity index (χ4v) is 4.01. The molecule has 2 heterocycles. The first-order chi connectivity index (χ1) is 14.6. The Labute approximate surface area is 180 Å². The summed E-state index contributed by atoms with van der Waals surface area (Å²) >= 11 is 1.79. The second-order valence-electron chi connectivity index (χ2n) is 7.02. The maximum atomic E-state index is 12.3. The quantitative estimate of drug-likeness (QED) is 0.614. The van der Waals surface area contributed by atoms with Gasteiger partial charge in [-0.05, 0) is 36.1 Å². The smallest absolute Gasteiger partial charge is 0.269 e. The molecule has 162 valence electrons. The van der Waals surface area contributed by atoms with Gasteiger partial charge in [0, 0.05) is 43.2 Å². The average molecular weight is 433 g/mol. The van der Waals surface area contributed by atoms with Gasteiger partial charge in [-0.3, -0.25) is 25.3 Å². The van der Waals surface area contributed by atoms with E-state index in [1.807, 2.05) is 0 Å². The number of carbonyl (C=O) groups is 2. The van der Waals surface area contributed by atoms with Crippen LogP contribution in [0, 0.1) is 0 Å². The molecule has 9 heteroatoms. The van der Waals surface area contributed by atoms with Gasteiger partial charge in [0.05, 0.1) is 20.8 Å². The molecule has 0 bridgehead atoms. The topological polar surface area (TPSA) is 83.1 Å². The van der Waals surface area contributed by atoms with Crippen LogP contribution >= 0.6 is 11.3 Å². The Morgan fingerprint density at radius 3 is 2.40 bits per heavy atom. The highest BCUT2D eigenvalue weighted by Gasteiger charge is 2.19. The van der Waals surface area contributed by atoms with Crippen LogP contribution in [-0.2, 0) is 11.2 Å². The predicted molar refractivity (Wildman–Crippen MR) is 116 cm³/mol. The van der Waals surface area contributed by atoms with Crippen LogP contribution in [0.3, 0.4) is 0 Å². The molecule has 0 spiro atoms. The first kappa shape index (κ1) is 22.1. The monoisotopic (exact) mass is 432 g/mol. The van der Waals surface area contributed by atoms with Crippen LogP contribution in [0.15, 0.2) is 35.7 Å². The van der Waals surface area contributed by atoms with E-state index in [2.05, 4.69) is 38.2 Å². The second-order valence-corrected chi connectivity index (χ2v) is 8.05. The van der Waals surface area contributed by atoms with Crippen molar-refractivity contribution < 1.29 is 19.1 Å². The normalized spacial score (nSPS) is 14.9. The Morgan fingerprint density at radius 2 is 1.73 bits per heavy atom. The minimum atomic E-state index is -0.414. The second kappa shape index (κ2) is 11.0. The van der Waals surface area contributed by atoms with Crippen LogP contribution in [0.4, 0.5) is 0 Å². The van der Waals surface area contributed by atoms with Crippen LogP contribution in [0.2, 0.25) is 0 Å². The van der Waals surface area contributed by atoms with E-state index in [0.29, 0.717) is 17.1 Å². The zero-order chi connectivity index (χ0) is 21.3. The van der Waals surface area contributed by atoms with Crippen molar-refractivity contribution in [2.24, 2.45) is 0 Å². The zero-order valence-corrected chi connectivity index (χ0v) is 18.2. The summed E-state index contributed by atoms with van der Waals surface area (Å²) in [5, 5.41) is 2.11. The number of piperazine rings is 1. The van der Waals surface area contributed by atoms with E-state index in [9.17, 15) is 9.59 Å². The number of methoxy groups -OCH3 is 2. The fourth-order valence-electron chi connectivity index (χ4n) is 3.31. The van der Waals surface area contributed by atoms with Crippen molar-refractivity contribution in [3.05, 3.63) is 46.2 Å².